The van der Waals surface area contributed by atoms with E-state index < -0.39 is 0 Å². The number of halogens is 1. The Bertz CT molecular complexity index is 710. The van der Waals surface area contributed by atoms with E-state index in [4.69, 9.17) is 16.3 Å². The van der Waals surface area contributed by atoms with Crippen LogP contribution in [0.15, 0.2) is 35.2 Å². The highest BCUT2D eigenvalue weighted by molar-refractivity contribution is 8.13. The van der Waals surface area contributed by atoms with Crippen LogP contribution in [0.25, 0.3) is 0 Å². The molecule has 0 amide bonds. The van der Waals surface area contributed by atoms with E-state index in [2.05, 4.69) is 19.9 Å². The Hall–Kier alpha value is -1.45. The SMILES string of the molecule is CC(=O)Sc1cccc(Cl)c1COc1cc(C)c(C)cc1C. The molecular formula is C18H19ClO2S. The van der Waals surface area contributed by atoms with Crippen molar-refractivity contribution in [2.24, 2.45) is 0 Å². The van der Waals surface area contributed by atoms with E-state index in [1.165, 1.54) is 22.9 Å². The summed E-state index contributed by atoms with van der Waals surface area (Å²) in [6, 6.07) is 9.71. The van der Waals surface area contributed by atoms with Gasteiger partial charge in [0.2, 0.25) is 0 Å². The molecule has 2 nitrogen and oxygen atoms in total. The molecule has 0 aromatic heterocycles. The van der Waals surface area contributed by atoms with Crippen LogP contribution in [-0.2, 0) is 11.4 Å². The maximum Gasteiger partial charge on any atom is 0.190 e. The zero-order valence-electron chi connectivity index (χ0n) is 13.2. The predicted molar refractivity (Wildman–Crippen MR) is 93.0 cm³/mol. The summed E-state index contributed by atoms with van der Waals surface area (Å²) in [7, 11) is 0. The first-order chi connectivity index (χ1) is 10.4. The maximum atomic E-state index is 11.4. The van der Waals surface area contributed by atoms with Crippen molar-refractivity contribution >= 4 is 28.5 Å². The molecule has 0 bridgehead atoms. The third kappa shape index (κ3) is 4.05. The van der Waals surface area contributed by atoms with E-state index in [1.807, 2.05) is 31.2 Å². The summed E-state index contributed by atoms with van der Waals surface area (Å²) in [6.07, 6.45) is 0. The number of thioether (sulfide) groups is 1. The Morgan fingerprint density at radius 3 is 2.50 bits per heavy atom. The van der Waals surface area contributed by atoms with Crippen LogP contribution in [0.2, 0.25) is 5.02 Å². The van der Waals surface area contributed by atoms with E-state index in [0.29, 0.717) is 11.6 Å². The van der Waals surface area contributed by atoms with Crippen molar-refractivity contribution in [3.8, 4) is 5.75 Å². The van der Waals surface area contributed by atoms with E-state index in [0.717, 1.165) is 21.8 Å². The summed E-state index contributed by atoms with van der Waals surface area (Å²) in [6.45, 7) is 8.07. The molecule has 0 aliphatic carbocycles. The van der Waals surface area contributed by atoms with Crippen LogP contribution >= 0.6 is 23.4 Å². The van der Waals surface area contributed by atoms with Crippen molar-refractivity contribution in [2.45, 2.75) is 39.2 Å². The summed E-state index contributed by atoms with van der Waals surface area (Å²) in [4.78, 5) is 12.2. The number of rotatable bonds is 4. The molecule has 0 heterocycles. The molecule has 0 aliphatic rings. The minimum absolute atomic E-state index is 0.0332. The zero-order chi connectivity index (χ0) is 16.3. The Kier molecular flexibility index (Phi) is 5.54. The smallest absolute Gasteiger partial charge is 0.190 e. The van der Waals surface area contributed by atoms with Crippen molar-refractivity contribution in [1.82, 2.24) is 0 Å². The summed E-state index contributed by atoms with van der Waals surface area (Å²) < 4.78 is 5.95. The average molecular weight is 335 g/mol. The van der Waals surface area contributed by atoms with Gasteiger partial charge in [-0.25, -0.2) is 0 Å². The molecule has 0 unspecified atom stereocenters. The molecule has 0 N–H and O–H groups in total. The molecule has 4 heteroatoms. The standard InChI is InChI=1S/C18H19ClO2S/c1-11-8-13(3)17(9-12(11)2)21-10-15-16(19)6-5-7-18(15)22-14(4)20/h5-9H,10H2,1-4H3. The van der Waals surface area contributed by atoms with Gasteiger partial charge in [0.15, 0.2) is 5.12 Å². The molecule has 0 aliphatic heterocycles. The van der Waals surface area contributed by atoms with Crippen molar-refractivity contribution in [2.75, 3.05) is 0 Å². The molecule has 0 radical (unpaired) electrons. The second-order valence-electron chi connectivity index (χ2n) is 5.30. The van der Waals surface area contributed by atoms with Crippen LogP contribution < -0.4 is 4.74 Å². The van der Waals surface area contributed by atoms with E-state index >= 15 is 0 Å². The Morgan fingerprint density at radius 2 is 1.82 bits per heavy atom. The van der Waals surface area contributed by atoms with E-state index in [-0.39, 0.29) is 5.12 Å². The van der Waals surface area contributed by atoms with Gasteiger partial charge in [-0.2, -0.15) is 0 Å². The number of ether oxygens (including phenoxy) is 1. The van der Waals surface area contributed by atoms with Gasteiger partial charge in [0, 0.05) is 22.4 Å². The zero-order valence-corrected chi connectivity index (χ0v) is 14.8. The second kappa shape index (κ2) is 7.21. The molecule has 0 atom stereocenters. The number of carbonyl (C=O) groups excluding carboxylic acids is 1. The third-order valence-electron chi connectivity index (χ3n) is 3.49. The lowest BCUT2D eigenvalue weighted by molar-refractivity contribution is -0.109. The van der Waals surface area contributed by atoms with Gasteiger partial charge in [0.25, 0.3) is 0 Å². The molecule has 2 aromatic carbocycles. The van der Waals surface area contributed by atoms with Gasteiger partial charge in [-0.05, 0) is 55.7 Å². The van der Waals surface area contributed by atoms with E-state index in [1.54, 1.807) is 6.92 Å². The first kappa shape index (κ1) is 16.9. The first-order valence-corrected chi connectivity index (χ1v) is 8.24. The summed E-state index contributed by atoms with van der Waals surface area (Å²) in [5.41, 5.74) is 4.38. The second-order valence-corrected chi connectivity index (χ2v) is 6.93. The van der Waals surface area contributed by atoms with Crippen molar-refractivity contribution in [1.29, 1.82) is 0 Å². The molecule has 0 spiro atoms. The fourth-order valence-corrected chi connectivity index (χ4v) is 3.20. The number of hydrogen-bond donors (Lipinski definition) is 0. The summed E-state index contributed by atoms with van der Waals surface area (Å²) in [5.74, 6) is 0.849. The number of benzene rings is 2. The van der Waals surface area contributed by atoms with Crippen LogP contribution in [0.3, 0.4) is 0 Å². The molecule has 116 valence electrons. The first-order valence-electron chi connectivity index (χ1n) is 7.05. The van der Waals surface area contributed by atoms with Crippen molar-refractivity contribution in [3.05, 3.63) is 57.6 Å². The van der Waals surface area contributed by atoms with Crippen LogP contribution in [-0.4, -0.2) is 5.12 Å². The predicted octanol–water partition coefficient (Wildman–Crippen LogP) is 5.48. The lowest BCUT2D eigenvalue weighted by Gasteiger charge is -2.14. The molecule has 2 rings (SSSR count). The summed E-state index contributed by atoms with van der Waals surface area (Å²) >= 11 is 7.45. The Morgan fingerprint density at radius 1 is 1.14 bits per heavy atom. The number of aryl methyl sites for hydroxylation is 3. The van der Waals surface area contributed by atoms with Crippen molar-refractivity contribution < 1.29 is 9.53 Å². The molecule has 0 fully saturated rings. The fraction of sp³-hybridized carbons (Fsp3) is 0.278. The number of hydrogen-bond acceptors (Lipinski definition) is 3. The van der Waals surface area contributed by atoms with Gasteiger partial charge in [-0.1, -0.05) is 35.5 Å². The van der Waals surface area contributed by atoms with Crippen LogP contribution in [0, 0.1) is 20.8 Å². The lowest BCUT2D eigenvalue weighted by Crippen LogP contribution is -2.01. The average Bonchev–Trinajstić information content (AvgIpc) is 2.43. The highest BCUT2D eigenvalue weighted by atomic mass is 35.5. The van der Waals surface area contributed by atoms with Gasteiger partial charge < -0.3 is 4.74 Å². The lowest BCUT2D eigenvalue weighted by atomic mass is 10.1. The molecule has 0 saturated carbocycles. The molecular weight excluding hydrogens is 316 g/mol. The highest BCUT2D eigenvalue weighted by Crippen LogP contribution is 2.31. The number of carbonyl (C=O) groups is 1. The van der Waals surface area contributed by atoms with Gasteiger partial charge in [-0.15, -0.1) is 0 Å². The maximum absolute atomic E-state index is 11.4. The minimum atomic E-state index is 0.0332. The normalized spacial score (nSPS) is 10.6. The van der Waals surface area contributed by atoms with Crippen molar-refractivity contribution in [3.63, 3.8) is 0 Å². The topological polar surface area (TPSA) is 26.3 Å². The van der Waals surface area contributed by atoms with Gasteiger partial charge >= 0.3 is 0 Å². The fourth-order valence-electron chi connectivity index (χ4n) is 2.17. The van der Waals surface area contributed by atoms with E-state index in [9.17, 15) is 4.79 Å². The monoisotopic (exact) mass is 334 g/mol. The largest absolute Gasteiger partial charge is 0.489 e. The van der Waals surface area contributed by atoms with Gasteiger partial charge in [0.05, 0.1) is 0 Å². The van der Waals surface area contributed by atoms with Crippen LogP contribution in [0.1, 0.15) is 29.2 Å². The third-order valence-corrected chi connectivity index (χ3v) is 4.74. The van der Waals surface area contributed by atoms with Crippen LogP contribution in [0.4, 0.5) is 0 Å². The Labute approximate surface area is 140 Å². The van der Waals surface area contributed by atoms with Crippen LogP contribution in [0.5, 0.6) is 5.75 Å². The molecule has 2 aromatic rings. The quantitative estimate of drug-likeness (QED) is 0.692. The molecule has 22 heavy (non-hydrogen) atoms. The highest BCUT2D eigenvalue weighted by Gasteiger charge is 2.11. The minimum Gasteiger partial charge on any atom is -0.489 e. The van der Waals surface area contributed by atoms with Gasteiger partial charge in [0.1, 0.15) is 12.4 Å². The summed E-state index contributed by atoms with van der Waals surface area (Å²) in [5, 5.41) is 0.651. The molecule has 0 saturated heterocycles. The Balaban J connectivity index is 2.25. The van der Waals surface area contributed by atoms with Gasteiger partial charge in [-0.3, -0.25) is 4.79 Å².